The highest BCUT2D eigenvalue weighted by Gasteiger charge is 2.06. The number of thiophene rings is 1. The number of ether oxygens (including phenoxy) is 1. The lowest BCUT2D eigenvalue weighted by atomic mass is 10.2. The Morgan fingerprint density at radius 3 is 2.91 bits per heavy atom. The quantitative estimate of drug-likeness (QED) is 0.668. The Morgan fingerprint density at radius 1 is 1.73 bits per heavy atom. The number of methoxy groups -OCH3 is 1. The van der Waals surface area contributed by atoms with Gasteiger partial charge in [-0.15, -0.1) is 0 Å². The molecule has 0 saturated heterocycles. The Kier molecular flexibility index (Phi) is 2.91. The molecule has 0 aliphatic heterocycles. The summed E-state index contributed by atoms with van der Waals surface area (Å²) in [5, 5.41) is 4.28. The van der Waals surface area contributed by atoms with Gasteiger partial charge in [0.2, 0.25) is 0 Å². The molecule has 11 heavy (non-hydrogen) atoms. The standard InChI is InChI=1S/C7H7ClO2S/c1-10-7(9)2-5-3-11-4-6(5)8/h3-4H,2H2,1H3. The predicted octanol–water partition coefficient (Wildman–Crippen LogP) is 2.12. The van der Waals surface area contributed by atoms with Gasteiger partial charge in [0.15, 0.2) is 0 Å². The monoisotopic (exact) mass is 190 g/mol. The van der Waals surface area contributed by atoms with Crippen molar-refractivity contribution in [3.63, 3.8) is 0 Å². The van der Waals surface area contributed by atoms with Crippen LogP contribution in [0.2, 0.25) is 5.02 Å². The maximum Gasteiger partial charge on any atom is 0.310 e. The molecule has 0 bridgehead atoms. The smallest absolute Gasteiger partial charge is 0.310 e. The van der Waals surface area contributed by atoms with Gasteiger partial charge < -0.3 is 4.74 Å². The number of hydrogen-bond donors (Lipinski definition) is 0. The first-order chi connectivity index (χ1) is 5.24. The Morgan fingerprint density at radius 2 is 2.45 bits per heavy atom. The summed E-state index contributed by atoms with van der Waals surface area (Å²) in [5.74, 6) is -0.259. The SMILES string of the molecule is COC(=O)Cc1cscc1Cl. The van der Waals surface area contributed by atoms with Crippen molar-refractivity contribution >= 4 is 28.9 Å². The van der Waals surface area contributed by atoms with Gasteiger partial charge >= 0.3 is 5.97 Å². The molecule has 0 atom stereocenters. The lowest BCUT2D eigenvalue weighted by molar-refractivity contribution is -0.139. The Bertz CT molecular complexity index is 257. The zero-order valence-electron chi connectivity index (χ0n) is 5.96. The van der Waals surface area contributed by atoms with Crippen LogP contribution in [0.4, 0.5) is 0 Å². The molecule has 2 nitrogen and oxygen atoms in total. The lowest BCUT2D eigenvalue weighted by Gasteiger charge is -1.95. The first-order valence-electron chi connectivity index (χ1n) is 3.01. The van der Waals surface area contributed by atoms with Crippen LogP contribution in [-0.2, 0) is 16.0 Å². The Labute approximate surface area is 73.7 Å². The second-order valence-electron chi connectivity index (χ2n) is 2.00. The van der Waals surface area contributed by atoms with Crippen molar-refractivity contribution in [1.82, 2.24) is 0 Å². The van der Waals surface area contributed by atoms with Gasteiger partial charge in [-0.2, -0.15) is 11.3 Å². The molecular formula is C7H7ClO2S. The predicted molar refractivity (Wildman–Crippen MR) is 45.0 cm³/mol. The molecule has 0 radical (unpaired) electrons. The summed E-state index contributed by atoms with van der Waals surface area (Å²) in [6.45, 7) is 0. The number of hydrogen-bond acceptors (Lipinski definition) is 3. The Hall–Kier alpha value is -0.540. The largest absolute Gasteiger partial charge is 0.469 e. The zero-order chi connectivity index (χ0) is 8.27. The minimum Gasteiger partial charge on any atom is -0.469 e. The molecular weight excluding hydrogens is 184 g/mol. The van der Waals surface area contributed by atoms with Crippen molar-refractivity contribution in [1.29, 1.82) is 0 Å². The fourth-order valence-electron chi connectivity index (χ4n) is 0.662. The van der Waals surface area contributed by atoms with Crippen LogP contribution >= 0.6 is 22.9 Å². The third-order valence-corrected chi connectivity index (χ3v) is 2.52. The van der Waals surface area contributed by atoms with Crippen molar-refractivity contribution < 1.29 is 9.53 Å². The normalized spacial score (nSPS) is 9.64. The highest BCUT2D eigenvalue weighted by Crippen LogP contribution is 2.20. The van der Waals surface area contributed by atoms with Crippen LogP contribution in [0.1, 0.15) is 5.56 Å². The molecule has 0 fully saturated rings. The second-order valence-corrected chi connectivity index (χ2v) is 3.15. The van der Waals surface area contributed by atoms with E-state index in [1.807, 2.05) is 5.38 Å². The summed E-state index contributed by atoms with van der Waals surface area (Å²) in [6.07, 6.45) is 0.263. The van der Waals surface area contributed by atoms with Crippen LogP contribution in [0.3, 0.4) is 0 Å². The molecule has 0 N–H and O–H groups in total. The van der Waals surface area contributed by atoms with E-state index in [1.54, 1.807) is 5.38 Å². The number of esters is 1. The summed E-state index contributed by atoms with van der Waals surface area (Å²) in [7, 11) is 1.36. The molecule has 1 rings (SSSR count). The highest BCUT2D eigenvalue weighted by molar-refractivity contribution is 7.08. The van der Waals surface area contributed by atoms with Gasteiger partial charge in [-0.05, 0) is 10.9 Å². The summed E-state index contributed by atoms with van der Waals surface area (Å²) < 4.78 is 4.49. The van der Waals surface area contributed by atoms with Gasteiger partial charge in [-0.1, -0.05) is 11.6 Å². The summed E-state index contributed by atoms with van der Waals surface area (Å²) >= 11 is 7.22. The first-order valence-corrected chi connectivity index (χ1v) is 4.33. The highest BCUT2D eigenvalue weighted by atomic mass is 35.5. The molecule has 1 heterocycles. The van der Waals surface area contributed by atoms with E-state index in [9.17, 15) is 4.79 Å². The molecule has 0 aliphatic rings. The molecule has 0 spiro atoms. The fraction of sp³-hybridized carbons (Fsp3) is 0.286. The third-order valence-electron chi connectivity index (χ3n) is 1.25. The van der Waals surface area contributed by atoms with Crippen LogP contribution in [0.25, 0.3) is 0 Å². The molecule has 1 aromatic heterocycles. The van der Waals surface area contributed by atoms with Crippen LogP contribution in [0.15, 0.2) is 10.8 Å². The van der Waals surface area contributed by atoms with Gasteiger partial charge in [0.1, 0.15) is 0 Å². The van der Waals surface area contributed by atoms with E-state index >= 15 is 0 Å². The molecule has 1 aromatic rings. The minimum absolute atomic E-state index is 0.259. The molecule has 4 heteroatoms. The van der Waals surface area contributed by atoms with Gasteiger partial charge in [0, 0.05) is 5.38 Å². The molecule has 0 amide bonds. The fourth-order valence-corrected chi connectivity index (χ4v) is 1.72. The van der Waals surface area contributed by atoms with Gasteiger partial charge in [-0.3, -0.25) is 4.79 Å². The van der Waals surface area contributed by atoms with E-state index in [0.717, 1.165) is 5.56 Å². The summed E-state index contributed by atoms with van der Waals surface area (Å²) in [4.78, 5) is 10.8. The van der Waals surface area contributed by atoms with Crippen LogP contribution in [0.5, 0.6) is 0 Å². The average Bonchev–Trinajstić information content (AvgIpc) is 2.37. The number of halogens is 1. The van der Waals surface area contributed by atoms with Gasteiger partial charge in [-0.25, -0.2) is 0 Å². The molecule has 0 saturated carbocycles. The van der Waals surface area contributed by atoms with Crippen molar-refractivity contribution in [3.05, 3.63) is 21.3 Å². The van der Waals surface area contributed by atoms with Crippen LogP contribution < -0.4 is 0 Å². The Balaban J connectivity index is 2.64. The number of carbonyl (C=O) groups excluding carboxylic acids is 1. The molecule has 0 unspecified atom stereocenters. The second kappa shape index (κ2) is 3.74. The first kappa shape index (κ1) is 8.56. The topological polar surface area (TPSA) is 26.3 Å². The number of rotatable bonds is 2. The van der Waals surface area contributed by atoms with E-state index in [1.165, 1.54) is 18.4 Å². The van der Waals surface area contributed by atoms with E-state index in [-0.39, 0.29) is 12.4 Å². The maximum absolute atomic E-state index is 10.8. The van der Waals surface area contributed by atoms with Crippen molar-refractivity contribution in [2.45, 2.75) is 6.42 Å². The van der Waals surface area contributed by atoms with E-state index in [0.29, 0.717) is 5.02 Å². The third kappa shape index (κ3) is 2.20. The average molecular weight is 191 g/mol. The minimum atomic E-state index is -0.259. The van der Waals surface area contributed by atoms with Gasteiger partial charge in [0.05, 0.1) is 18.6 Å². The van der Waals surface area contributed by atoms with Gasteiger partial charge in [0.25, 0.3) is 0 Å². The van der Waals surface area contributed by atoms with Crippen LogP contribution in [-0.4, -0.2) is 13.1 Å². The summed E-state index contributed by atoms with van der Waals surface area (Å²) in [6, 6.07) is 0. The van der Waals surface area contributed by atoms with E-state index < -0.39 is 0 Å². The zero-order valence-corrected chi connectivity index (χ0v) is 7.54. The maximum atomic E-state index is 10.8. The molecule has 0 aliphatic carbocycles. The van der Waals surface area contributed by atoms with E-state index in [2.05, 4.69) is 4.74 Å². The van der Waals surface area contributed by atoms with Crippen molar-refractivity contribution in [2.24, 2.45) is 0 Å². The lowest BCUT2D eigenvalue weighted by Crippen LogP contribution is -2.03. The number of carbonyl (C=O) groups is 1. The van der Waals surface area contributed by atoms with Crippen LogP contribution in [0, 0.1) is 0 Å². The molecule has 60 valence electrons. The van der Waals surface area contributed by atoms with Crippen molar-refractivity contribution in [3.8, 4) is 0 Å². The van der Waals surface area contributed by atoms with E-state index in [4.69, 9.17) is 11.6 Å². The van der Waals surface area contributed by atoms with Crippen molar-refractivity contribution in [2.75, 3.05) is 7.11 Å². The molecule has 0 aromatic carbocycles. The summed E-state index contributed by atoms with van der Waals surface area (Å²) in [5.41, 5.74) is 0.837.